The van der Waals surface area contributed by atoms with Crippen LogP contribution in [0.3, 0.4) is 0 Å². The molecule has 18 heavy (non-hydrogen) atoms. The second-order valence-corrected chi connectivity index (χ2v) is 5.10. The number of aliphatic hydroxyl groups excluding tert-OH is 1. The molecule has 2 atom stereocenters. The Labute approximate surface area is 107 Å². The third kappa shape index (κ3) is 2.28. The highest BCUT2D eigenvalue weighted by Crippen LogP contribution is 2.22. The summed E-state index contributed by atoms with van der Waals surface area (Å²) in [5.74, 6) is 0. The lowest BCUT2D eigenvalue weighted by Gasteiger charge is -2.28. The van der Waals surface area contributed by atoms with Crippen LogP contribution in [0, 0.1) is 0 Å². The van der Waals surface area contributed by atoms with E-state index in [-0.39, 0.29) is 12.1 Å². The zero-order chi connectivity index (χ0) is 12.4. The third-order valence-corrected chi connectivity index (χ3v) is 3.85. The molecular formula is C15H19NO2. The lowest BCUT2D eigenvalue weighted by atomic mass is 9.92. The number of aliphatic hydroxyl groups is 1. The molecule has 0 aliphatic heterocycles. The summed E-state index contributed by atoms with van der Waals surface area (Å²) in [7, 11) is 0. The van der Waals surface area contributed by atoms with Crippen LogP contribution in [0.25, 0.3) is 11.0 Å². The van der Waals surface area contributed by atoms with E-state index in [0.29, 0.717) is 0 Å². The largest absolute Gasteiger partial charge is 0.464 e. The zero-order valence-electron chi connectivity index (χ0n) is 10.4. The van der Waals surface area contributed by atoms with E-state index in [1.165, 1.54) is 12.0 Å². The van der Waals surface area contributed by atoms with Gasteiger partial charge < -0.3 is 14.8 Å². The van der Waals surface area contributed by atoms with Gasteiger partial charge in [0.15, 0.2) is 0 Å². The minimum Gasteiger partial charge on any atom is -0.464 e. The molecule has 1 aliphatic carbocycles. The molecule has 1 saturated carbocycles. The van der Waals surface area contributed by atoms with Gasteiger partial charge in [-0.3, -0.25) is 0 Å². The number of furan rings is 1. The van der Waals surface area contributed by atoms with Crippen LogP contribution in [0.1, 0.15) is 31.2 Å². The molecule has 1 aromatic carbocycles. The van der Waals surface area contributed by atoms with Crippen LogP contribution < -0.4 is 5.32 Å². The topological polar surface area (TPSA) is 45.4 Å². The predicted molar refractivity (Wildman–Crippen MR) is 71.3 cm³/mol. The van der Waals surface area contributed by atoms with Crippen molar-refractivity contribution in [1.29, 1.82) is 0 Å². The van der Waals surface area contributed by atoms with Crippen LogP contribution >= 0.6 is 0 Å². The van der Waals surface area contributed by atoms with Gasteiger partial charge in [0, 0.05) is 23.5 Å². The molecule has 1 aromatic heterocycles. The fourth-order valence-corrected chi connectivity index (χ4v) is 2.76. The third-order valence-electron chi connectivity index (χ3n) is 3.85. The van der Waals surface area contributed by atoms with Crippen LogP contribution in [0.15, 0.2) is 34.9 Å². The molecular weight excluding hydrogens is 226 g/mol. The zero-order valence-corrected chi connectivity index (χ0v) is 10.4. The second kappa shape index (κ2) is 5.12. The Morgan fingerprint density at radius 1 is 1.22 bits per heavy atom. The second-order valence-electron chi connectivity index (χ2n) is 5.10. The van der Waals surface area contributed by atoms with E-state index < -0.39 is 0 Å². The number of rotatable bonds is 3. The lowest BCUT2D eigenvalue weighted by molar-refractivity contribution is 0.0903. The fourth-order valence-electron chi connectivity index (χ4n) is 2.76. The summed E-state index contributed by atoms with van der Waals surface area (Å²) in [5, 5.41) is 14.5. The number of hydrogen-bond donors (Lipinski definition) is 2. The van der Waals surface area contributed by atoms with E-state index in [4.69, 9.17) is 4.42 Å². The van der Waals surface area contributed by atoms with Crippen molar-refractivity contribution in [3.8, 4) is 0 Å². The van der Waals surface area contributed by atoms with Gasteiger partial charge in [0.25, 0.3) is 0 Å². The van der Waals surface area contributed by atoms with Crippen LogP contribution in [-0.4, -0.2) is 17.3 Å². The minimum atomic E-state index is -0.197. The monoisotopic (exact) mass is 245 g/mol. The number of para-hydroxylation sites is 1. The first-order chi connectivity index (χ1) is 8.84. The summed E-state index contributed by atoms with van der Waals surface area (Å²) in [4.78, 5) is 0. The maximum Gasteiger partial charge on any atom is 0.134 e. The molecule has 3 nitrogen and oxygen atoms in total. The van der Waals surface area contributed by atoms with E-state index in [9.17, 15) is 5.11 Å². The van der Waals surface area contributed by atoms with Crippen molar-refractivity contribution in [2.24, 2.45) is 0 Å². The molecule has 3 heteroatoms. The van der Waals surface area contributed by atoms with Crippen LogP contribution in [0.4, 0.5) is 0 Å². The van der Waals surface area contributed by atoms with Gasteiger partial charge in [-0.15, -0.1) is 0 Å². The van der Waals surface area contributed by atoms with E-state index in [1.54, 1.807) is 0 Å². The van der Waals surface area contributed by atoms with Crippen molar-refractivity contribution in [3.63, 3.8) is 0 Å². The van der Waals surface area contributed by atoms with Crippen molar-refractivity contribution in [1.82, 2.24) is 5.32 Å². The Bertz CT molecular complexity index is 520. The number of benzene rings is 1. The van der Waals surface area contributed by atoms with Crippen LogP contribution in [-0.2, 0) is 6.54 Å². The Balaban J connectivity index is 1.69. The first-order valence-corrected chi connectivity index (χ1v) is 6.71. The van der Waals surface area contributed by atoms with Crippen molar-refractivity contribution in [2.45, 2.75) is 44.4 Å². The minimum absolute atomic E-state index is 0.197. The molecule has 0 spiro atoms. The smallest absolute Gasteiger partial charge is 0.134 e. The molecule has 1 fully saturated rings. The summed E-state index contributed by atoms with van der Waals surface area (Å²) < 4.78 is 5.51. The standard InChI is InChI=1S/C15H19NO2/c17-14-7-3-2-6-13(14)16-9-11-10-18-15-8-4-1-5-12(11)15/h1,4-5,8,10,13-14,16-17H,2-3,6-7,9H2. The summed E-state index contributed by atoms with van der Waals surface area (Å²) in [6, 6.07) is 8.29. The van der Waals surface area contributed by atoms with E-state index in [0.717, 1.165) is 36.8 Å². The van der Waals surface area contributed by atoms with Gasteiger partial charge in [0.05, 0.1) is 12.4 Å². The van der Waals surface area contributed by atoms with Gasteiger partial charge in [0.1, 0.15) is 5.58 Å². The molecule has 1 heterocycles. The van der Waals surface area contributed by atoms with Crippen molar-refractivity contribution in [3.05, 3.63) is 36.1 Å². The van der Waals surface area contributed by atoms with Crippen LogP contribution in [0.2, 0.25) is 0 Å². The highest BCUT2D eigenvalue weighted by molar-refractivity contribution is 5.80. The predicted octanol–water partition coefficient (Wildman–Crippen LogP) is 2.83. The Kier molecular flexibility index (Phi) is 3.35. The van der Waals surface area contributed by atoms with Gasteiger partial charge in [-0.05, 0) is 18.9 Å². The summed E-state index contributed by atoms with van der Waals surface area (Å²) in [5.41, 5.74) is 2.10. The summed E-state index contributed by atoms with van der Waals surface area (Å²) in [6.45, 7) is 0.763. The van der Waals surface area contributed by atoms with Crippen LogP contribution in [0.5, 0.6) is 0 Å². The molecule has 1 aliphatic rings. The summed E-state index contributed by atoms with van der Waals surface area (Å²) in [6.07, 6.45) is 5.96. The number of nitrogens with one attached hydrogen (secondary N) is 1. The molecule has 0 saturated heterocycles. The molecule has 2 N–H and O–H groups in total. The average molecular weight is 245 g/mol. The average Bonchev–Trinajstić information content (AvgIpc) is 2.81. The van der Waals surface area contributed by atoms with Gasteiger partial charge in [-0.25, -0.2) is 0 Å². The molecule has 3 rings (SSSR count). The SMILES string of the molecule is OC1CCCCC1NCc1coc2ccccc12. The Hall–Kier alpha value is -1.32. The van der Waals surface area contributed by atoms with Gasteiger partial charge in [-0.1, -0.05) is 31.0 Å². The van der Waals surface area contributed by atoms with Crippen molar-refractivity contribution >= 4 is 11.0 Å². The first-order valence-electron chi connectivity index (χ1n) is 6.71. The van der Waals surface area contributed by atoms with Crippen molar-refractivity contribution < 1.29 is 9.52 Å². The first kappa shape index (κ1) is 11.8. The fraction of sp³-hybridized carbons (Fsp3) is 0.467. The maximum absolute atomic E-state index is 9.92. The normalized spacial score (nSPS) is 24.5. The highest BCUT2D eigenvalue weighted by Gasteiger charge is 2.22. The number of hydrogen-bond acceptors (Lipinski definition) is 3. The molecule has 2 unspecified atom stereocenters. The molecule has 96 valence electrons. The van der Waals surface area contributed by atoms with E-state index in [2.05, 4.69) is 11.4 Å². The molecule has 0 radical (unpaired) electrons. The highest BCUT2D eigenvalue weighted by atomic mass is 16.3. The van der Waals surface area contributed by atoms with E-state index >= 15 is 0 Å². The van der Waals surface area contributed by atoms with Crippen molar-refractivity contribution in [2.75, 3.05) is 0 Å². The quantitative estimate of drug-likeness (QED) is 0.874. The lowest BCUT2D eigenvalue weighted by Crippen LogP contribution is -2.41. The van der Waals surface area contributed by atoms with Gasteiger partial charge in [0.2, 0.25) is 0 Å². The summed E-state index contributed by atoms with van der Waals surface area (Å²) >= 11 is 0. The van der Waals surface area contributed by atoms with E-state index in [1.807, 2.05) is 24.5 Å². The maximum atomic E-state index is 9.92. The number of fused-ring (bicyclic) bond motifs is 1. The molecule has 2 aromatic rings. The Morgan fingerprint density at radius 2 is 2.06 bits per heavy atom. The molecule has 0 amide bonds. The Morgan fingerprint density at radius 3 is 2.94 bits per heavy atom. The molecule has 0 bridgehead atoms. The van der Waals surface area contributed by atoms with Gasteiger partial charge in [-0.2, -0.15) is 0 Å². The van der Waals surface area contributed by atoms with Gasteiger partial charge >= 0.3 is 0 Å².